The molecule has 1 unspecified atom stereocenters. The molecule has 1 aromatic rings. The van der Waals surface area contributed by atoms with Gasteiger partial charge in [-0.3, -0.25) is 23.8 Å². The van der Waals surface area contributed by atoms with Crippen LogP contribution in [0.2, 0.25) is 0 Å². The number of rotatable bonds is 6. The van der Waals surface area contributed by atoms with Gasteiger partial charge < -0.3 is 9.26 Å². The average Bonchev–Trinajstić information content (AvgIpc) is 2.52. The molecular formula is C15H27N4O5P. The molecule has 2 heterocycles. The molecule has 0 saturated carbocycles. The fraction of sp³-hybridized carbons (Fsp3) is 0.733. The molecule has 25 heavy (non-hydrogen) atoms. The zero-order valence-electron chi connectivity index (χ0n) is 15.3. The molecule has 142 valence electrons. The van der Waals surface area contributed by atoms with E-state index in [9.17, 15) is 14.2 Å². The largest absolute Gasteiger partial charge is 0.350 e. The number of morpholine rings is 1. The van der Waals surface area contributed by atoms with Crippen LogP contribution in [0.3, 0.4) is 0 Å². The first kappa shape index (κ1) is 20.1. The minimum absolute atomic E-state index is 0.157. The topological polar surface area (TPSA) is 96.9 Å². The Bertz CT molecular complexity index is 744. The average molecular weight is 374 g/mol. The van der Waals surface area contributed by atoms with Crippen molar-refractivity contribution in [2.24, 2.45) is 0 Å². The second kappa shape index (κ2) is 7.97. The third kappa shape index (κ3) is 5.12. The van der Waals surface area contributed by atoms with Crippen LogP contribution in [0.15, 0.2) is 21.9 Å². The molecule has 10 heteroatoms. The Morgan fingerprint density at radius 3 is 2.64 bits per heavy atom. The van der Waals surface area contributed by atoms with Gasteiger partial charge in [-0.15, -0.1) is 0 Å². The van der Waals surface area contributed by atoms with E-state index in [-0.39, 0.29) is 18.8 Å². The minimum Gasteiger partial charge on any atom is -0.350 e. The fourth-order valence-corrected chi connectivity index (χ4v) is 3.18. The van der Waals surface area contributed by atoms with Gasteiger partial charge >= 0.3 is 5.69 Å². The highest BCUT2D eigenvalue weighted by Gasteiger charge is 2.32. The van der Waals surface area contributed by atoms with Gasteiger partial charge in [-0.25, -0.2) is 9.46 Å². The van der Waals surface area contributed by atoms with Crippen molar-refractivity contribution < 1.29 is 13.8 Å². The van der Waals surface area contributed by atoms with Gasteiger partial charge in [0.25, 0.3) is 13.1 Å². The SMILES string of the molecule is CC(C)N1C[C@@H](COP(C)(=O)N(C)C)O[C@@H](n2ccc(=O)[nH]c2=O)C1. The second-order valence-electron chi connectivity index (χ2n) is 6.72. The summed E-state index contributed by atoms with van der Waals surface area (Å²) in [5.41, 5.74) is -0.965. The number of ether oxygens (including phenoxy) is 1. The van der Waals surface area contributed by atoms with Crippen molar-refractivity contribution in [3.63, 3.8) is 0 Å². The lowest BCUT2D eigenvalue weighted by molar-refractivity contribution is -0.139. The molecule has 1 aromatic heterocycles. The standard InChI is InChI=1S/C15H27N4O5P/c1-11(2)18-8-12(10-23-25(5,22)17(3)4)24-14(9-18)19-7-6-13(20)16-15(19)21/h6-7,11-12,14H,8-10H2,1-5H3,(H,16,20,21)/t12-,14+,25?/m0/s1. The molecule has 0 bridgehead atoms. The Balaban J connectivity index is 2.17. The van der Waals surface area contributed by atoms with Crippen molar-refractivity contribution in [2.75, 3.05) is 40.5 Å². The van der Waals surface area contributed by atoms with Gasteiger partial charge in [0, 0.05) is 38.1 Å². The Labute approximate surface area is 147 Å². The van der Waals surface area contributed by atoms with Gasteiger partial charge in [-0.1, -0.05) is 0 Å². The molecule has 0 aromatic carbocycles. The Morgan fingerprint density at radius 2 is 2.08 bits per heavy atom. The smallest absolute Gasteiger partial charge is 0.330 e. The van der Waals surface area contributed by atoms with Crippen LogP contribution >= 0.6 is 7.52 Å². The molecular weight excluding hydrogens is 347 g/mol. The number of hydrogen-bond donors (Lipinski definition) is 1. The van der Waals surface area contributed by atoms with E-state index in [1.165, 1.54) is 16.8 Å². The van der Waals surface area contributed by atoms with Crippen molar-refractivity contribution in [2.45, 2.75) is 32.2 Å². The molecule has 1 aliphatic rings. The first-order valence-electron chi connectivity index (χ1n) is 8.21. The van der Waals surface area contributed by atoms with E-state index < -0.39 is 25.0 Å². The first-order chi connectivity index (χ1) is 11.6. The zero-order valence-corrected chi connectivity index (χ0v) is 16.2. The number of aromatic nitrogens is 2. The summed E-state index contributed by atoms with van der Waals surface area (Å²) in [6, 6.07) is 1.53. The first-order valence-corrected chi connectivity index (χ1v) is 10.2. The molecule has 1 aliphatic heterocycles. The van der Waals surface area contributed by atoms with Crippen LogP contribution in [0.5, 0.6) is 0 Å². The summed E-state index contributed by atoms with van der Waals surface area (Å²) in [4.78, 5) is 27.7. The van der Waals surface area contributed by atoms with Crippen LogP contribution < -0.4 is 11.2 Å². The highest BCUT2D eigenvalue weighted by Crippen LogP contribution is 2.44. The predicted octanol–water partition coefficient (Wildman–Crippen LogP) is 0.546. The van der Waals surface area contributed by atoms with Crippen molar-refractivity contribution >= 4 is 7.52 Å². The third-order valence-corrected chi connectivity index (χ3v) is 6.38. The van der Waals surface area contributed by atoms with Gasteiger partial charge in [-0.2, -0.15) is 0 Å². The van der Waals surface area contributed by atoms with Crippen LogP contribution in [0.4, 0.5) is 0 Å². The molecule has 0 radical (unpaired) electrons. The van der Waals surface area contributed by atoms with Crippen LogP contribution in [0.25, 0.3) is 0 Å². The summed E-state index contributed by atoms with van der Waals surface area (Å²) in [5.74, 6) is 0. The molecule has 2 rings (SSSR count). The van der Waals surface area contributed by atoms with Gasteiger partial charge in [0.05, 0.1) is 12.7 Å². The number of nitrogens with zero attached hydrogens (tertiary/aromatic N) is 3. The van der Waals surface area contributed by atoms with Gasteiger partial charge in [0.15, 0.2) is 6.23 Å². The molecule has 1 N–H and O–H groups in total. The van der Waals surface area contributed by atoms with E-state index in [1.807, 2.05) is 0 Å². The molecule has 1 saturated heterocycles. The van der Waals surface area contributed by atoms with E-state index in [4.69, 9.17) is 9.26 Å². The number of hydrogen-bond acceptors (Lipinski definition) is 6. The zero-order chi connectivity index (χ0) is 18.8. The summed E-state index contributed by atoms with van der Waals surface area (Å²) >= 11 is 0. The summed E-state index contributed by atoms with van der Waals surface area (Å²) in [6.45, 7) is 6.95. The quantitative estimate of drug-likeness (QED) is 0.726. The third-order valence-electron chi connectivity index (χ3n) is 4.30. The van der Waals surface area contributed by atoms with Crippen LogP contribution in [-0.4, -0.2) is 71.7 Å². The predicted molar refractivity (Wildman–Crippen MR) is 95.1 cm³/mol. The fourth-order valence-electron chi connectivity index (χ4n) is 2.50. The van der Waals surface area contributed by atoms with E-state index in [0.717, 1.165) is 0 Å². The monoisotopic (exact) mass is 374 g/mol. The molecule has 3 atom stereocenters. The highest BCUT2D eigenvalue weighted by atomic mass is 31.2. The lowest BCUT2D eigenvalue weighted by atomic mass is 10.2. The second-order valence-corrected chi connectivity index (χ2v) is 9.39. The number of nitrogens with one attached hydrogen (secondary N) is 1. The van der Waals surface area contributed by atoms with E-state index in [2.05, 4.69) is 23.7 Å². The van der Waals surface area contributed by atoms with E-state index in [0.29, 0.717) is 13.1 Å². The summed E-state index contributed by atoms with van der Waals surface area (Å²) in [7, 11) is 0.536. The molecule has 9 nitrogen and oxygen atoms in total. The van der Waals surface area contributed by atoms with Crippen molar-refractivity contribution in [1.29, 1.82) is 0 Å². The maximum Gasteiger partial charge on any atom is 0.330 e. The van der Waals surface area contributed by atoms with Gasteiger partial charge in [0.1, 0.15) is 0 Å². The van der Waals surface area contributed by atoms with Crippen molar-refractivity contribution in [1.82, 2.24) is 19.1 Å². The Hall–Kier alpha value is -1.25. The lowest BCUT2D eigenvalue weighted by Gasteiger charge is -2.40. The van der Waals surface area contributed by atoms with E-state index in [1.54, 1.807) is 25.4 Å². The summed E-state index contributed by atoms with van der Waals surface area (Å²) < 4.78 is 26.8. The van der Waals surface area contributed by atoms with Gasteiger partial charge in [-0.05, 0) is 27.9 Å². The highest BCUT2D eigenvalue weighted by molar-refractivity contribution is 7.55. The Kier molecular flexibility index (Phi) is 6.40. The van der Waals surface area contributed by atoms with Gasteiger partial charge in [0.2, 0.25) is 0 Å². The van der Waals surface area contributed by atoms with Crippen molar-refractivity contribution in [3.8, 4) is 0 Å². The van der Waals surface area contributed by atoms with Crippen molar-refractivity contribution in [3.05, 3.63) is 33.1 Å². The molecule has 0 amide bonds. The van der Waals surface area contributed by atoms with Crippen LogP contribution in [-0.2, 0) is 13.8 Å². The molecule has 1 fully saturated rings. The van der Waals surface area contributed by atoms with E-state index >= 15 is 0 Å². The number of aromatic amines is 1. The number of H-pyrrole nitrogens is 1. The summed E-state index contributed by atoms with van der Waals surface area (Å²) in [6.07, 6.45) is 0.538. The summed E-state index contributed by atoms with van der Waals surface area (Å²) in [5, 5.41) is 0. The molecule has 0 spiro atoms. The minimum atomic E-state index is -2.86. The normalized spacial score (nSPS) is 24.6. The molecule has 0 aliphatic carbocycles. The maximum absolute atomic E-state index is 12.4. The Morgan fingerprint density at radius 1 is 1.40 bits per heavy atom. The van der Waals surface area contributed by atoms with Crippen LogP contribution in [0.1, 0.15) is 20.1 Å². The maximum atomic E-state index is 12.4. The van der Waals surface area contributed by atoms with Crippen LogP contribution in [0, 0.1) is 0 Å². The lowest BCUT2D eigenvalue weighted by Crippen LogP contribution is -2.51.